The lowest BCUT2D eigenvalue weighted by Crippen LogP contribution is -2.18. The van der Waals surface area contributed by atoms with Gasteiger partial charge >= 0.3 is 5.56 Å². The van der Waals surface area contributed by atoms with E-state index in [4.69, 9.17) is 0 Å². The van der Waals surface area contributed by atoms with E-state index in [9.17, 15) is 9.18 Å². The van der Waals surface area contributed by atoms with Crippen molar-refractivity contribution in [3.8, 4) is 28.5 Å². The quantitative estimate of drug-likeness (QED) is 0.370. The van der Waals surface area contributed by atoms with Gasteiger partial charge in [0.05, 0.1) is 35.5 Å². The fourth-order valence-corrected chi connectivity index (χ4v) is 4.16. The van der Waals surface area contributed by atoms with Gasteiger partial charge in [0, 0.05) is 24.8 Å². The van der Waals surface area contributed by atoms with E-state index in [0.717, 1.165) is 27.9 Å². The first-order valence-corrected chi connectivity index (χ1v) is 10.9. The van der Waals surface area contributed by atoms with E-state index in [1.165, 1.54) is 16.8 Å². The molecule has 0 atom stereocenters. The maximum absolute atomic E-state index is 13.5. The van der Waals surface area contributed by atoms with Gasteiger partial charge in [-0.1, -0.05) is 24.3 Å². The Morgan fingerprint density at radius 3 is 2.54 bits per heavy atom. The van der Waals surface area contributed by atoms with Crippen molar-refractivity contribution in [3.63, 3.8) is 0 Å². The number of pyridine rings is 2. The highest BCUT2D eigenvalue weighted by atomic mass is 19.1. The zero-order chi connectivity index (χ0) is 24.1. The molecule has 0 amide bonds. The molecule has 0 N–H and O–H groups in total. The van der Waals surface area contributed by atoms with Gasteiger partial charge in [-0.2, -0.15) is 19.3 Å². The van der Waals surface area contributed by atoms with Gasteiger partial charge in [-0.3, -0.25) is 14.5 Å². The van der Waals surface area contributed by atoms with Crippen molar-refractivity contribution < 1.29 is 4.39 Å². The van der Waals surface area contributed by atoms with Crippen LogP contribution in [-0.2, 0) is 13.6 Å². The second kappa shape index (κ2) is 7.94. The number of aryl methyl sites for hydroxylation is 2. The van der Waals surface area contributed by atoms with Crippen molar-refractivity contribution in [1.82, 2.24) is 39.1 Å². The number of benzene rings is 1. The summed E-state index contributed by atoms with van der Waals surface area (Å²) in [5.74, 6) is -0.612. The highest BCUT2D eigenvalue weighted by Gasteiger charge is 2.23. The predicted molar refractivity (Wildman–Crippen MR) is 128 cm³/mol. The first-order valence-electron chi connectivity index (χ1n) is 10.9. The molecule has 0 fully saturated rings. The molecule has 10 heteroatoms. The minimum atomic E-state index is -0.612. The predicted octanol–water partition coefficient (Wildman–Crippen LogP) is 3.37. The normalized spacial score (nSPS) is 11.5. The van der Waals surface area contributed by atoms with Gasteiger partial charge in [-0.15, -0.1) is 0 Å². The van der Waals surface area contributed by atoms with Crippen LogP contribution in [0.15, 0.2) is 72.0 Å². The summed E-state index contributed by atoms with van der Waals surface area (Å²) < 4.78 is 18.4. The number of halogens is 1. The Labute approximate surface area is 198 Å². The molecule has 0 aliphatic carbocycles. The van der Waals surface area contributed by atoms with Gasteiger partial charge in [0.1, 0.15) is 11.4 Å². The van der Waals surface area contributed by atoms with E-state index in [-0.39, 0.29) is 11.3 Å². The summed E-state index contributed by atoms with van der Waals surface area (Å²) in [7, 11) is 1.91. The lowest BCUT2D eigenvalue weighted by Gasteiger charge is -2.12. The van der Waals surface area contributed by atoms with Crippen molar-refractivity contribution in [2.24, 2.45) is 7.05 Å². The monoisotopic (exact) mass is 466 g/mol. The van der Waals surface area contributed by atoms with Crippen LogP contribution < -0.4 is 5.56 Å². The lowest BCUT2D eigenvalue weighted by atomic mass is 10.1. The van der Waals surface area contributed by atoms with E-state index < -0.39 is 5.95 Å². The standard InChI is InChI=1S/C25H19FN8O/c1-15-20(9-10-22(26)29-15)34-25(35)24-23(31-34)17-5-3-4-6-21(17)33(30-24)12-16-7-8-18(27-11-16)19-13-32(2)14-28-19/h3-11,13-14H,12H2,1-2H3. The average molecular weight is 466 g/mol. The Hall–Kier alpha value is -4.73. The van der Waals surface area contributed by atoms with Gasteiger partial charge in [0.25, 0.3) is 0 Å². The maximum Gasteiger partial charge on any atom is 0.301 e. The SMILES string of the molecule is Cc1nc(F)ccc1-n1nc2c3ccccc3n(Cc3ccc(-c4cn(C)cn4)nc3)nc-2c1=O. The van der Waals surface area contributed by atoms with Crippen LogP contribution in [0.25, 0.3) is 39.4 Å². The van der Waals surface area contributed by atoms with E-state index >= 15 is 0 Å². The van der Waals surface area contributed by atoms with Crippen molar-refractivity contribution in [3.05, 3.63) is 94.8 Å². The zero-order valence-electron chi connectivity index (χ0n) is 18.9. The first-order chi connectivity index (χ1) is 17.0. The number of hydrogen-bond acceptors (Lipinski definition) is 6. The van der Waals surface area contributed by atoms with Crippen LogP contribution in [0.2, 0.25) is 0 Å². The summed E-state index contributed by atoms with van der Waals surface area (Å²) in [5.41, 5.74) is 4.42. The van der Waals surface area contributed by atoms with Gasteiger partial charge in [-0.05, 0) is 36.8 Å². The second-order valence-electron chi connectivity index (χ2n) is 8.30. The van der Waals surface area contributed by atoms with Crippen molar-refractivity contribution >= 4 is 10.9 Å². The molecule has 5 heterocycles. The number of aromatic nitrogens is 8. The molecule has 2 aliphatic rings. The van der Waals surface area contributed by atoms with Crippen LogP contribution in [0.3, 0.4) is 0 Å². The van der Waals surface area contributed by atoms with Crippen molar-refractivity contribution in [2.45, 2.75) is 13.5 Å². The number of rotatable bonds is 4. The first kappa shape index (κ1) is 20.8. The Kier molecular flexibility index (Phi) is 4.73. The topological polar surface area (TPSA) is 96.3 Å². The number of para-hydroxylation sites is 1. The number of hydrogen-bond donors (Lipinski definition) is 0. The van der Waals surface area contributed by atoms with E-state index in [1.807, 2.05) is 54.2 Å². The Balaban J connectivity index is 1.46. The van der Waals surface area contributed by atoms with Gasteiger partial charge in [0.15, 0.2) is 5.69 Å². The number of fused-ring (bicyclic) bond motifs is 3. The lowest BCUT2D eigenvalue weighted by molar-refractivity contribution is 0.578. The van der Waals surface area contributed by atoms with Crippen LogP contribution in [0, 0.1) is 12.9 Å². The Morgan fingerprint density at radius 1 is 0.943 bits per heavy atom. The molecule has 9 nitrogen and oxygen atoms in total. The largest absolute Gasteiger partial charge is 0.340 e. The van der Waals surface area contributed by atoms with Crippen LogP contribution >= 0.6 is 0 Å². The fraction of sp³-hybridized carbons (Fsp3) is 0.120. The number of nitrogens with zero attached hydrogens (tertiary/aromatic N) is 8. The molecule has 6 rings (SSSR count). The van der Waals surface area contributed by atoms with Crippen LogP contribution in [0.4, 0.5) is 4.39 Å². The molecule has 1 aromatic carbocycles. The average Bonchev–Trinajstić information content (AvgIpc) is 3.43. The van der Waals surface area contributed by atoms with Crippen molar-refractivity contribution in [2.75, 3.05) is 0 Å². The third kappa shape index (κ3) is 3.55. The highest BCUT2D eigenvalue weighted by Crippen LogP contribution is 2.27. The third-order valence-corrected chi connectivity index (χ3v) is 5.85. The van der Waals surface area contributed by atoms with E-state index in [1.54, 1.807) is 24.1 Å². The van der Waals surface area contributed by atoms with E-state index in [0.29, 0.717) is 23.6 Å². The summed E-state index contributed by atoms with van der Waals surface area (Å²) in [6.45, 7) is 2.05. The molecule has 0 spiro atoms. The smallest absolute Gasteiger partial charge is 0.301 e. The van der Waals surface area contributed by atoms with E-state index in [2.05, 4.69) is 25.1 Å². The Bertz CT molecular complexity index is 1730. The molecule has 0 unspecified atom stereocenters. The minimum absolute atomic E-state index is 0.227. The minimum Gasteiger partial charge on any atom is -0.340 e. The molecule has 0 bridgehead atoms. The van der Waals surface area contributed by atoms with Gasteiger partial charge < -0.3 is 4.57 Å². The molecule has 172 valence electrons. The molecule has 0 radical (unpaired) electrons. The highest BCUT2D eigenvalue weighted by molar-refractivity contribution is 5.92. The summed E-state index contributed by atoms with van der Waals surface area (Å²) in [5, 5.41) is 9.99. The summed E-state index contributed by atoms with van der Waals surface area (Å²) in [4.78, 5) is 26.0. The molecule has 0 saturated carbocycles. The maximum atomic E-state index is 13.5. The van der Waals surface area contributed by atoms with Crippen LogP contribution in [-0.4, -0.2) is 39.1 Å². The summed E-state index contributed by atoms with van der Waals surface area (Å²) in [6, 6.07) is 14.2. The molecule has 4 aromatic rings. The molecular weight excluding hydrogens is 447 g/mol. The molecule has 2 aliphatic heterocycles. The molecule has 0 saturated heterocycles. The van der Waals surface area contributed by atoms with Crippen LogP contribution in [0.5, 0.6) is 0 Å². The van der Waals surface area contributed by atoms with Crippen LogP contribution in [0.1, 0.15) is 11.3 Å². The summed E-state index contributed by atoms with van der Waals surface area (Å²) in [6.07, 6.45) is 5.43. The second-order valence-corrected chi connectivity index (χ2v) is 8.30. The molecule has 3 aromatic heterocycles. The molecular formula is C25H19FN8O. The zero-order valence-corrected chi connectivity index (χ0v) is 18.9. The molecule has 35 heavy (non-hydrogen) atoms. The van der Waals surface area contributed by atoms with Gasteiger partial charge in [-0.25, -0.2) is 9.97 Å². The Morgan fingerprint density at radius 2 is 1.80 bits per heavy atom. The van der Waals surface area contributed by atoms with Crippen molar-refractivity contribution in [1.29, 1.82) is 0 Å². The number of imidazole rings is 1. The third-order valence-electron chi connectivity index (χ3n) is 5.85. The summed E-state index contributed by atoms with van der Waals surface area (Å²) >= 11 is 0. The van der Waals surface area contributed by atoms with Gasteiger partial charge in [0.2, 0.25) is 5.95 Å². The fourth-order valence-electron chi connectivity index (χ4n) is 4.16.